The first-order valence-electron chi connectivity index (χ1n) is 13.0. The second-order valence-electron chi connectivity index (χ2n) is 10.2. The molecule has 6 rings (SSSR count). The van der Waals surface area contributed by atoms with Gasteiger partial charge in [0, 0.05) is 52.9 Å². The van der Waals surface area contributed by atoms with E-state index in [2.05, 4.69) is 27.0 Å². The van der Waals surface area contributed by atoms with Gasteiger partial charge in [-0.25, -0.2) is 22.4 Å². The molecule has 0 spiro atoms. The van der Waals surface area contributed by atoms with Crippen molar-refractivity contribution in [3.8, 4) is 28.1 Å². The summed E-state index contributed by atoms with van der Waals surface area (Å²) < 4.78 is 50.7. The first-order valence-corrected chi connectivity index (χ1v) is 14.5. The third kappa shape index (κ3) is 4.65. The summed E-state index contributed by atoms with van der Waals surface area (Å²) in [6, 6.07) is 12.1. The van der Waals surface area contributed by atoms with Crippen LogP contribution in [0.25, 0.3) is 33.3 Å². The van der Waals surface area contributed by atoms with E-state index in [0.29, 0.717) is 33.5 Å². The van der Waals surface area contributed by atoms with E-state index in [-0.39, 0.29) is 16.6 Å². The number of hydrogen-bond donors (Lipinski definition) is 0. The lowest BCUT2D eigenvalue weighted by Crippen LogP contribution is -2.31. The molecule has 206 valence electrons. The summed E-state index contributed by atoms with van der Waals surface area (Å²) in [6.45, 7) is 3.75. The number of halogens is 1. The van der Waals surface area contributed by atoms with E-state index < -0.39 is 16.0 Å². The Bertz CT molecular complexity index is 1790. The summed E-state index contributed by atoms with van der Waals surface area (Å²) in [5.74, 6) is -0.151. The minimum atomic E-state index is -3.97. The molecule has 1 aliphatic heterocycles. The van der Waals surface area contributed by atoms with Crippen LogP contribution in [0.5, 0.6) is 5.88 Å². The molecule has 1 aliphatic rings. The molecule has 40 heavy (non-hydrogen) atoms. The van der Waals surface area contributed by atoms with Crippen molar-refractivity contribution in [2.45, 2.75) is 30.7 Å². The van der Waals surface area contributed by atoms with E-state index in [0.717, 1.165) is 31.5 Å². The lowest BCUT2D eigenvalue weighted by molar-refractivity contribution is 0.210. The highest BCUT2D eigenvalue weighted by atomic mass is 32.2. The summed E-state index contributed by atoms with van der Waals surface area (Å²) >= 11 is 0. The van der Waals surface area contributed by atoms with Gasteiger partial charge in [0.2, 0.25) is 11.8 Å². The molecule has 1 fully saturated rings. The molecule has 0 saturated carbocycles. The molecule has 1 saturated heterocycles. The number of benzene rings is 1. The maximum absolute atomic E-state index is 15.2. The molecule has 9 nitrogen and oxygen atoms in total. The average molecular weight is 561 g/mol. The van der Waals surface area contributed by atoms with Crippen LogP contribution < -0.4 is 4.74 Å². The van der Waals surface area contributed by atoms with Crippen LogP contribution in [0, 0.1) is 12.9 Å². The highest BCUT2D eigenvalue weighted by Gasteiger charge is 2.25. The molecule has 5 aromatic rings. The Morgan fingerprint density at radius 1 is 0.950 bits per heavy atom. The monoisotopic (exact) mass is 560 g/mol. The predicted molar refractivity (Wildman–Crippen MR) is 150 cm³/mol. The minimum Gasteiger partial charge on any atom is -0.481 e. The molecule has 0 radical (unpaired) electrons. The number of nitrogens with zero attached hydrogens (tertiary/aromatic N) is 6. The second kappa shape index (κ2) is 10.1. The SMILES string of the molecule is COc1ccc(-c2cn(S(=O)(=O)c3ccc(C)cc3)c3ncc(-c4cn(C5CCN(C)CC5)nc4F)cc23)cn1. The summed E-state index contributed by atoms with van der Waals surface area (Å²) in [6.07, 6.45) is 8.16. The maximum Gasteiger partial charge on any atom is 0.269 e. The van der Waals surface area contributed by atoms with Crippen molar-refractivity contribution in [1.29, 1.82) is 0 Å². The van der Waals surface area contributed by atoms with Crippen molar-refractivity contribution in [2.75, 3.05) is 27.2 Å². The number of likely N-dealkylation sites (tertiary alicyclic amines) is 1. The van der Waals surface area contributed by atoms with Gasteiger partial charge in [0.25, 0.3) is 10.0 Å². The van der Waals surface area contributed by atoms with Gasteiger partial charge in [0.1, 0.15) is 0 Å². The fraction of sp³-hybridized carbons (Fsp3) is 0.276. The lowest BCUT2D eigenvalue weighted by Gasteiger charge is -2.28. The zero-order valence-electron chi connectivity index (χ0n) is 22.5. The number of pyridine rings is 2. The van der Waals surface area contributed by atoms with Crippen molar-refractivity contribution in [3.05, 3.63) is 78.8 Å². The smallest absolute Gasteiger partial charge is 0.269 e. The highest BCUT2D eigenvalue weighted by molar-refractivity contribution is 7.90. The number of rotatable bonds is 6. The third-order valence-electron chi connectivity index (χ3n) is 7.51. The van der Waals surface area contributed by atoms with Crippen LogP contribution in [0.1, 0.15) is 24.4 Å². The van der Waals surface area contributed by atoms with Gasteiger partial charge in [-0.3, -0.25) is 4.68 Å². The van der Waals surface area contributed by atoms with E-state index >= 15 is 4.39 Å². The lowest BCUT2D eigenvalue weighted by atomic mass is 10.0. The Balaban J connectivity index is 1.49. The highest BCUT2D eigenvalue weighted by Crippen LogP contribution is 2.36. The number of aryl methyl sites for hydroxylation is 1. The van der Waals surface area contributed by atoms with Gasteiger partial charge in [-0.1, -0.05) is 17.7 Å². The average Bonchev–Trinajstić information content (AvgIpc) is 3.54. The van der Waals surface area contributed by atoms with Crippen molar-refractivity contribution in [2.24, 2.45) is 0 Å². The standard InChI is InChI=1S/C29H29FN6O3S/c1-19-4-7-23(8-5-19)40(37,38)36-18-25(20-6-9-27(39-3)31-15-20)24-14-21(16-32-29(24)36)26-17-35(33-28(26)30)22-10-12-34(2)13-11-22/h4-9,14-18,22H,10-13H2,1-3H3. The molecule has 0 aliphatic carbocycles. The van der Waals surface area contributed by atoms with E-state index in [4.69, 9.17) is 4.74 Å². The van der Waals surface area contributed by atoms with Gasteiger partial charge in [-0.05, 0) is 64.2 Å². The number of methoxy groups -OCH3 is 1. The molecule has 0 N–H and O–H groups in total. The largest absolute Gasteiger partial charge is 0.481 e. The van der Waals surface area contributed by atoms with Crippen molar-refractivity contribution >= 4 is 21.1 Å². The number of aromatic nitrogens is 5. The first-order chi connectivity index (χ1) is 19.2. The Kier molecular flexibility index (Phi) is 6.63. The number of piperidine rings is 1. The van der Waals surface area contributed by atoms with Crippen LogP contribution in [0.15, 0.2) is 72.1 Å². The zero-order valence-corrected chi connectivity index (χ0v) is 23.3. The van der Waals surface area contributed by atoms with Crippen molar-refractivity contribution in [3.63, 3.8) is 0 Å². The molecule has 5 heterocycles. The summed E-state index contributed by atoms with van der Waals surface area (Å²) in [5, 5.41) is 4.73. The van der Waals surface area contributed by atoms with Gasteiger partial charge < -0.3 is 9.64 Å². The number of hydrogen-bond acceptors (Lipinski definition) is 7. The van der Waals surface area contributed by atoms with E-state index in [1.807, 2.05) is 6.92 Å². The Hall–Kier alpha value is -4.09. The first kappa shape index (κ1) is 26.1. The van der Waals surface area contributed by atoms with Gasteiger partial charge >= 0.3 is 0 Å². The van der Waals surface area contributed by atoms with Crippen LogP contribution in [-0.4, -0.2) is 64.3 Å². The molecular weight excluding hydrogens is 531 g/mol. The normalized spacial score (nSPS) is 15.1. The molecule has 4 aromatic heterocycles. The molecule has 0 unspecified atom stereocenters. The number of ether oxygens (including phenoxy) is 1. The van der Waals surface area contributed by atoms with Crippen molar-refractivity contribution < 1.29 is 17.5 Å². The van der Waals surface area contributed by atoms with E-state index in [1.54, 1.807) is 65.7 Å². The van der Waals surface area contributed by atoms with Crippen LogP contribution in [-0.2, 0) is 10.0 Å². The van der Waals surface area contributed by atoms with Crippen LogP contribution in [0.4, 0.5) is 4.39 Å². The van der Waals surface area contributed by atoms with Crippen molar-refractivity contribution in [1.82, 2.24) is 28.6 Å². The Morgan fingerprint density at radius 3 is 2.35 bits per heavy atom. The molecular formula is C29H29FN6O3S. The minimum absolute atomic E-state index is 0.123. The van der Waals surface area contributed by atoms with Gasteiger partial charge in [-0.2, -0.15) is 4.39 Å². The van der Waals surface area contributed by atoms with Crippen LogP contribution in [0.3, 0.4) is 0 Å². The fourth-order valence-electron chi connectivity index (χ4n) is 5.13. The summed E-state index contributed by atoms with van der Waals surface area (Å²) in [4.78, 5) is 11.2. The zero-order chi connectivity index (χ0) is 28.0. The Labute approximate surface area is 231 Å². The number of fused-ring (bicyclic) bond motifs is 1. The molecule has 0 bridgehead atoms. The predicted octanol–water partition coefficient (Wildman–Crippen LogP) is 4.92. The molecule has 1 aromatic carbocycles. The van der Waals surface area contributed by atoms with Gasteiger partial charge in [0.05, 0.1) is 23.6 Å². The van der Waals surface area contributed by atoms with Gasteiger partial charge in [0.15, 0.2) is 5.65 Å². The molecule has 0 atom stereocenters. The third-order valence-corrected chi connectivity index (χ3v) is 9.17. The fourth-order valence-corrected chi connectivity index (χ4v) is 6.46. The Morgan fingerprint density at radius 2 is 1.68 bits per heavy atom. The quantitative estimate of drug-likeness (QED) is 0.291. The maximum atomic E-state index is 15.2. The van der Waals surface area contributed by atoms with Crippen LogP contribution >= 0.6 is 0 Å². The van der Waals surface area contributed by atoms with Gasteiger partial charge in [-0.15, -0.1) is 5.10 Å². The second-order valence-corrected chi connectivity index (χ2v) is 12.0. The molecule has 11 heteroatoms. The molecule has 0 amide bonds. The summed E-state index contributed by atoms with van der Waals surface area (Å²) in [7, 11) is -0.365. The topological polar surface area (TPSA) is 95.1 Å². The summed E-state index contributed by atoms with van der Waals surface area (Å²) in [5.41, 5.74) is 3.28. The van der Waals surface area contributed by atoms with Crippen LogP contribution in [0.2, 0.25) is 0 Å². The van der Waals surface area contributed by atoms with E-state index in [9.17, 15) is 8.42 Å². The van der Waals surface area contributed by atoms with E-state index in [1.165, 1.54) is 17.3 Å².